The Kier molecular flexibility index (Phi) is 2.06. The van der Waals surface area contributed by atoms with Gasteiger partial charge in [0.15, 0.2) is 11.5 Å². The molecule has 0 aromatic carbocycles. The van der Waals surface area contributed by atoms with Crippen molar-refractivity contribution in [3.05, 3.63) is 18.0 Å². The van der Waals surface area contributed by atoms with E-state index in [1.165, 1.54) is 0 Å². The summed E-state index contributed by atoms with van der Waals surface area (Å²) in [7, 11) is 0. The van der Waals surface area contributed by atoms with Gasteiger partial charge in [0.1, 0.15) is 13.2 Å². The van der Waals surface area contributed by atoms with Gasteiger partial charge in [-0.1, -0.05) is 0 Å². The maximum Gasteiger partial charge on any atom is 0.179 e. The second kappa shape index (κ2) is 3.22. The molecule has 0 amide bonds. The summed E-state index contributed by atoms with van der Waals surface area (Å²) in [5.74, 6) is 1.31. The number of pyridine rings is 1. The molecule has 1 aromatic rings. The molecule has 4 heteroatoms. The molecule has 0 radical (unpaired) electrons. The Balaban J connectivity index is 2.35. The quantitative estimate of drug-likeness (QED) is 0.699. The van der Waals surface area contributed by atoms with Gasteiger partial charge >= 0.3 is 0 Å². The smallest absolute Gasteiger partial charge is 0.179 e. The molecule has 2 rings (SSSR count). The molecular formula is C9H11NO3. The summed E-state index contributed by atoms with van der Waals surface area (Å²) in [6.07, 6.45) is 1.01. The number of hydrogen-bond donors (Lipinski definition) is 1. The van der Waals surface area contributed by atoms with Crippen LogP contribution in [0.1, 0.15) is 18.7 Å². The highest BCUT2D eigenvalue weighted by atomic mass is 16.6. The molecule has 1 atom stereocenters. The fourth-order valence-corrected chi connectivity index (χ4v) is 1.19. The van der Waals surface area contributed by atoms with Crippen LogP contribution in [0.2, 0.25) is 0 Å². The first-order chi connectivity index (χ1) is 6.27. The van der Waals surface area contributed by atoms with Crippen LogP contribution in [0, 0.1) is 0 Å². The number of ether oxygens (including phenoxy) is 2. The molecule has 2 heterocycles. The van der Waals surface area contributed by atoms with E-state index in [2.05, 4.69) is 4.98 Å². The summed E-state index contributed by atoms with van der Waals surface area (Å²) in [6, 6.07) is 1.71. The number of hydrogen-bond acceptors (Lipinski definition) is 4. The maximum atomic E-state index is 9.27. The third-order valence-electron chi connectivity index (χ3n) is 1.88. The van der Waals surface area contributed by atoms with Crippen LogP contribution < -0.4 is 9.47 Å². The lowest BCUT2D eigenvalue weighted by Gasteiger charge is -2.18. The Bertz CT molecular complexity index is 312. The molecule has 0 fully saturated rings. The van der Waals surface area contributed by atoms with Gasteiger partial charge < -0.3 is 14.6 Å². The predicted molar refractivity (Wildman–Crippen MR) is 45.9 cm³/mol. The molecule has 0 saturated carbocycles. The third kappa shape index (κ3) is 1.58. The molecule has 0 bridgehead atoms. The van der Waals surface area contributed by atoms with E-state index in [1.807, 2.05) is 0 Å². The lowest BCUT2D eigenvalue weighted by molar-refractivity contribution is 0.166. The summed E-state index contributed by atoms with van der Waals surface area (Å²) in [5, 5.41) is 9.27. The van der Waals surface area contributed by atoms with Crippen molar-refractivity contribution in [2.45, 2.75) is 13.0 Å². The number of aromatic nitrogens is 1. The van der Waals surface area contributed by atoms with Crippen molar-refractivity contribution < 1.29 is 14.6 Å². The Labute approximate surface area is 76.1 Å². The average molecular weight is 181 g/mol. The summed E-state index contributed by atoms with van der Waals surface area (Å²) in [6.45, 7) is 2.78. The zero-order chi connectivity index (χ0) is 9.26. The Morgan fingerprint density at radius 1 is 1.38 bits per heavy atom. The summed E-state index contributed by atoms with van der Waals surface area (Å²) >= 11 is 0. The Morgan fingerprint density at radius 2 is 2.08 bits per heavy atom. The number of rotatable bonds is 1. The fraction of sp³-hybridized carbons (Fsp3) is 0.444. The molecule has 4 nitrogen and oxygen atoms in total. The van der Waals surface area contributed by atoms with Crippen molar-refractivity contribution in [1.82, 2.24) is 4.98 Å². The molecule has 0 saturated heterocycles. The van der Waals surface area contributed by atoms with E-state index in [0.717, 1.165) is 0 Å². The fourth-order valence-electron chi connectivity index (χ4n) is 1.19. The van der Waals surface area contributed by atoms with Crippen LogP contribution in [0.4, 0.5) is 0 Å². The molecule has 13 heavy (non-hydrogen) atoms. The molecule has 1 aromatic heterocycles. The van der Waals surface area contributed by atoms with Gasteiger partial charge in [0.2, 0.25) is 0 Å². The number of fused-ring (bicyclic) bond motifs is 1. The first-order valence-corrected chi connectivity index (χ1v) is 4.21. The molecule has 70 valence electrons. The highest BCUT2D eigenvalue weighted by molar-refractivity contribution is 5.40. The standard InChI is InChI=1S/C9H11NO3/c1-6(11)7-4-8-9(5-10-7)13-3-2-12-8/h4-6,11H,2-3H2,1H3. The molecule has 0 spiro atoms. The van der Waals surface area contributed by atoms with Crippen LogP contribution in [0.5, 0.6) is 11.5 Å². The van der Waals surface area contributed by atoms with E-state index in [0.29, 0.717) is 30.4 Å². The highest BCUT2D eigenvalue weighted by Crippen LogP contribution is 2.30. The number of aliphatic hydroxyl groups is 1. The average Bonchev–Trinajstić information content (AvgIpc) is 2.17. The van der Waals surface area contributed by atoms with Crippen LogP contribution in [0.15, 0.2) is 12.3 Å². The SMILES string of the molecule is CC(O)c1cc2c(cn1)OCCO2. The minimum atomic E-state index is -0.573. The van der Waals surface area contributed by atoms with Gasteiger partial charge in [0.05, 0.1) is 18.0 Å². The van der Waals surface area contributed by atoms with E-state index in [-0.39, 0.29) is 0 Å². The van der Waals surface area contributed by atoms with Crippen LogP contribution in [0.3, 0.4) is 0 Å². The van der Waals surface area contributed by atoms with E-state index >= 15 is 0 Å². The van der Waals surface area contributed by atoms with E-state index in [1.54, 1.807) is 19.2 Å². The van der Waals surface area contributed by atoms with E-state index < -0.39 is 6.10 Å². The number of nitrogens with zero attached hydrogens (tertiary/aromatic N) is 1. The molecule has 1 aliphatic rings. The van der Waals surface area contributed by atoms with Crippen molar-refractivity contribution >= 4 is 0 Å². The molecule has 1 aliphatic heterocycles. The van der Waals surface area contributed by atoms with Crippen molar-refractivity contribution in [2.75, 3.05) is 13.2 Å². The molecule has 0 aliphatic carbocycles. The molecular weight excluding hydrogens is 170 g/mol. The van der Waals surface area contributed by atoms with Crippen LogP contribution >= 0.6 is 0 Å². The van der Waals surface area contributed by atoms with Gasteiger partial charge in [-0.15, -0.1) is 0 Å². The zero-order valence-electron chi connectivity index (χ0n) is 7.36. The monoisotopic (exact) mass is 181 g/mol. The van der Waals surface area contributed by atoms with Gasteiger partial charge in [0.25, 0.3) is 0 Å². The van der Waals surface area contributed by atoms with Crippen molar-refractivity contribution in [3.8, 4) is 11.5 Å². The van der Waals surface area contributed by atoms with Gasteiger partial charge in [-0.25, -0.2) is 0 Å². The lowest BCUT2D eigenvalue weighted by Crippen LogP contribution is -2.16. The lowest BCUT2D eigenvalue weighted by atomic mass is 10.2. The Morgan fingerprint density at radius 3 is 2.77 bits per heavy atom. The van der Waals surface area contributed by atoms with Gasteiger partial charge in [-0.2, -0.15) is 0 Å². The maximum absolute atomic E-state index is 9.27. The number of aliphatic hydroxyl groups excluding tert-OH is 1. The van der Waals surface area contributed by atoms with Gasteiger partial charge in [0, 0.05) is 6.07 Å². The van der Waals surface area contributed by atoms with Crippen molar-refractivity contribution in [1.29, 1.82) is 0 Å². The van der Waals surface area contributed by atoms with Crippen molar-refractivity contribution in [2.24, 2.45) is 0 Å². The summed E-state index contributed by atoms with van der Waals surface area (Å²) in [5.41, 5.74) is 0.601. The summed E-state index contributed by atoms with van der Waals surface area (Å²) in [4.78, 5) is 4.04. The first-order valence-electron chi connectivity index (χ1n) is 4.21. The normalized spacial score (nSPS) is 16.8. The van der Waals surface area contributed by atoms with E-state index in [9.17, 15) is 5.11 Å². The second-order valence-corrected chi connectivity index (χ2v) is 2.93. The zero-order valence-corrected chi connectivity index (χ0v) is 7.36. The first kappa shape index (κ1) is 8.31. The largest absolute Gasteiger partial charge is 0.486 e. The minimum absolute atomic E-state index is 0.552. The molecule has 1 unspecified atom stereocenters. The van der Waals surface area contributed by atoms with Crippen LogP contribution in [-0.2, 0) is 0 Å². The second-order valence-electron chi connectivity index (χ2n) is 2.93. The molecule has 1 N–H and O–H groups in total. The van der Waals surface area contributed by atoms with Crippen LogP contribution in [0.25, 0.3) is 0 Å². The highest BCUT2D eigenvalue weighted by Gasteiger charge is 2.14. The minimum Gasteiger partial charge on any atom is -0.486 e. The Hall–Kier alpha value is -1.29. The summed E-state index contributed by atoms with van der Waals surface area (Å²) < 4.78 is 10.6. The van der Waals surface area contributed by atoms with Crippen LogP contribution in [-0.4, -0.2) is 23.3 Å². The van der Waals surface area contributed by atoms with Gasteiger partial charge in [-0.3, -0.25) is 4.98 Å². The van der Waals surface area contributed by atoms with Crippen molar-refractivity contribution in [3.63, 3.8) is 0 Å². The van der Waals surface area contributed by atoms with Gasteiger partial charge in [-0.05, 0) is 6.92 Å². The third-order valence-corrected chi connectivity index (χ3v) is 1.88. The topological polar surface area (TPSA) is 51.6 Å². The predicted octanol–water partition coefficient (Wildman–Crippen LogP) is 0.906. The van der Waals surface area contributed by atoms with E-state index in [4.69, 9.17) is 9.47 Å².